The van der Waals surface area contributed by atoms with E-state index in [4.69, 9.17) is 9.84 Å². The predicted octanol–water partition coefficient (Wildman–Crippen LogP) is 1.47. The highest BCUT2D eigenvalue weighted by Gasteiger charge is 2.18. The van der Waals surface area contributed by atoms with Gasteiger partial charge in [0.05, 0.1) is 0 Å². The normalized spacial score (nSPS) is 11.1. The molecule has 7 heteroatoms. The second kappa shape index (κ2) is 4.44. The summed E-state index contributed by atoms with van der Waals surface area (Å²) in [7, 11) is 1.58. The highest BCUT2D eigenvalue weighted by molar-refractivity contribution is 5.87. The molecular formula is C10H15N3O4. The molecule has 0 saturated heterocycles. The van der Waals surface area contributed by atoms with Gasteiger partial charge in [0.2, 0.25) is 5.95 Å². The Morgan fingerprint density at radius 2 is 2.06 bits per heavy atom. The third-order valence-electron chi connectivity index (χ3n) is 1.71. The van der Waals surface area contributed by atoms with Crippen molar-refractivity contribution in [3.05, 3.63) is 11.9 Å². The number of aromatic carboxylic acids is 1. The minimum absolute atomic E-state index is 0.122. The second-order valence-corrected chi connectivity index (χ2v) is 4.49. The van der Waals surface area contributed by atoms with E-state index in [0.29, 0.717) is 0 Å². The topological polar surface area (TPSA) is 93.5 Å². The third-order valence-corrected chi connectivity index (χ3v) is 1.71. The van der Waals surface area contributed by atoms with Gasteiger partial charge in [-0.15, -0.1) is 0 Å². The summed E-state index contributed by atoms with van der Waals surface area (Å²) < 4.78 is 6.41. The minimum Gasteiger partial charge on any atom is -0.476 e. The van der Waals surface area contributed by atoms with Gasteiger partial charge in [-0.25, -0.2) is 14.6 Å². The van der Waals surface area contributed by atoms with E-state index >= 15 is 0 Å². The first kappa shape index (κ1) is 13.0. The van der Waals surface area contributed by atoms with Crippen LogP contribution in [0.2, 0.25) is 0 Å². The first-order chi connectivity index (χ1) is 7.69. The molecular weight excluding hydrogens is 226 g/mol. The van der Waals surface area contributed by atoms with Crippen molar-refractivity contribution in [2.24, 2.45) is 7.05 Å². The lowest BCUT2D eigenvalue weighted by atomic mass is 10.2. The number of aromatic nitrogens is 2. The van der Waals surface area contributed by atoms with Crippen LogP contribution in [-0.2, 0) is 11.8 Å². The van der Waals surface area contributed by atoms with Gasteiger partial charge in [-0.05, 0) is 20.8 Å². The van der Waals surface area contributed by atoms with Gasteiger partial charge >= 0.3 is 12.1 Å². The van der Waals surface area contributed by atoms with Crippen LogP contribution in [0.1, 0.15) is 31.3 Å². The molecule has 1 heterocycles. The number of ether oxygens (including phenoxy) is 1. The zero-order valence-electron chi connectivity index (χ0n) is 10.1. The molecule has 7 nitrogen and oxygen atoms in total. The molecule has 0 aliphatic carbocycles. The molecule has 0 unspecified atom stereocenters. The van der Waals surface area contributed by atoms with Gasteiger partial charge in [0.15, 0.2) is 5.69 Å². The van der Waals surface area contributed by atoms with Gasteiger partial charge in [-0.2, -0.15) is 0 Å². The molecule has 17 heavy (non-hydrogen) atoms. The summed E-state index contributed by atoms with van der Waals surface area (Å²) in [6.45, 7) is 5.19. The third kappa shape index (κ3) is 3.78. The van der Waals surface area contributed by atoms with E-state index in [1.807, 2.05) is 0 Å². The van der Waals surface area contributed by atoms with Crippen molar-refractivity contribution < 1.29 is 19.4 Å². The summed E-state index contributed by atoms with van der Waals surface area (Å²) >= 11 is 0. The molecule has 0 spiro atoms. The predicted molar refractivity (Wildman–Crippen MR) is 60.0 cm³/mol. The van der Waals surface area contributed by atoms with Crippen LogP contribution in [0.5, 0.6) is 0 Å². The fourth-order valence-electron chi connectivity index (χ4n) is 1.08. The van der Waals surface area contributed by atoms with Crippen LogP contribution in [0, 0.1) is 0 Å². The van der Waals surface area contributed by atoms with E-state index in [1.165, 1.54) is 10.8 Å². The zero-order valence-corrected chi connectivity index (χ0v) is 10.1. The van der Waals surface area contributed by atoms with Crippen LogP contribution in [0.3, 0.4) is 0 Å². The molecule has 0 atom stereocenters. The molecule has 0 saturated carbocycles. The monoisotopic (exact) mass is 241 g/mol. The van der Waals surface area contributed by atoms with Crippen LogP contribution in [0.25, 0.3) is 0 Å². The van der Waals surface area contributed by atoms with Gasteiger partial charge in [-0.1, -0.05) is 0 Å². The van der Waals surface area contributed by atoms with Crippen molar-refractivity contribution in [3.8, 4) is 0 Å². The van der Waals surface area contributed by atoms with Crippen molar-refractivity contribution in [1.29, 1.82) is 0 Å². The summed E-state index contributed by atoms with van der Waals surface area (Å²) in [4.78, 5) is 25.8. The highest BCUT2D eigenvalue weighted by atomic mass is 16.6. The molecule has 0 aliphatic heterocycles. The van der Waals surface area contributed by atoms with E-state index < -0.39 is 17.7 Å². The molecule has 1 rings (SSSR count). The number of amides is 1. The summed E-state index contributed by atoms with van der Waals surface area (Å²) in [5.41, 5.74) is -0.760. The molecule has 1 aromatic heterocycles. The van der Waals surface area contributed by atoms with Gasteiger partial charge in [-0.3, -0.25) is 5.32 Å². The number of carboxylic acids is 1. The van der Waals surface area contributed by atoms with Crippen LogP contribution in [0.15, 0.2) is 6.20 Å². The highest BCUT2D eigenvalue weighted by Crippen LogP contribution is 2.11. The molecule has 0 bridgehead atoms. The van der Waals surface area contributed by atoms with E-state index in [0.717, 1.165) is 0 Å². The van der Waals surface area contributed by atoms with Gasteiger partial charge in [0, 0.05) is 13.2 Å². The summed E-state index contributed by atoms with van der Waals surface area (Å²) in [6.07, 6.45) is 0.623. The summed E-state index contributed by atoms with van der Waals surface area (Å²) in [5, 5.41) is 11.1. The van der Waals surface area contributed by atoms with E-state index in [9.17, 15) is 9.59 Å². The Morgan fingerprint density at radius 1 is 1.47 bits per heavy atom. The van der Waals surface area contributed by atoms with Crippen molar-refractivity contribution in [1.82, 2.24) is 9.55 Å². The Labute approximate surface area is 98.4 Å². The minimum atomic E-state index is -1.15. The second-order valence-electron chi connectivity index (χ2n) is 4.49. The number of anilines is 1. The van der Waals surface area contributed by atoms with E-state index in [2.05, 4.69) is 10.3 Å². The first-order valence-corrected chi connectivity index (χ1v) is 4.96. The molecule has 1 aromatic rings. The number of nitrogens with zero attached hydrogens (tertiary/aromatic N) is 2. The van der Waals surface area contributed by atoms with Crippen LogP contribution in [0.4, 0.5) is 10.7 Å². The fraction of sp³-hybridized carbons (Fsp3) is 0.500. The van der Waals surface area contributed by atoms with Crippen molar-refractivity contribution in [2.75, 3.05) is 5.32 Å². The summed E-state index contributed by atoms with van der Waals surface area (Å²) in [6, 6.07) is 0. The summed E-state index contributed by atoms with van der Waals surface area (Å²) in [5.74, 6) is -1.03. The Balaban J connectivity index is 2.75. The zero-order chi connectivity index (χ0) is 13.2. The number of carboxylic acid groups (broad SMARTS) is 1. The molecule has 0 fully saturated rings. The van der Waals surface area contributed by atoms with Gasteiger partial charge < -0.3 is 14.4 Å². The Hall–Kier alpha value is -2.05. The molecule has 0 radical (unpaired) electrons. The number of aryl methyl sites for hydroxylation is 1. The lowest BCUT2D eigenvalue weighted by molar-refractivity contribution is 0.0630. The number of hydrogen-bond donors (Lipinski definition) is 2. The molecule has 0 aliphatic rings. The number of imidazole rings is 1. The number of hydrogen-bond acceptors (Lipinski definition) is 4. The number of carbonyl (C=O) groups is 2. The van der Waals surface area contributed by atoms with Crippen molar-refractivity contribution >= 4 is 18.0 Å². The van der Waals surface area contributed by atoms with Crippen LogP contribution in [-0.4, -0.2) is 32.3 Å². The van der Waals surface area contributed by atoms with Gasteiger partial charge in [0.1, 0.15) is 5.60 Å². The number of rotatable bonds is 2. The van der Waals surface area contributed by atoms with E-state index in [1.54, 1.807) is 27.8 Å². The number of carbonyl (C=O) groups excluding carboxylic acids is 1. The quantitative estimate of drug-likeness (QED) is 0.817. The van der Waals surface area contributed by atoms with E-state index in [-0.39, 0.29) is 11.6 Å². The standard InChI is InChI=1S/C10H15N3O4/c1-10(2,3)17-9(16)12-8-11-6(7(14)15)5-13(8)4/h5H,1-4H3,(H,14,15)(H,11,12,16). The Bertz CT molecular complexity index is 445. The first-order valence-electron chi connectivity index (χ1n) is 4.96. The average Bonchev–Trinajstić information content (AvgIpc) is 2.44. The van der Waals surface area contributed by atoms with Crippen LogP contribution < -0.4 is 5.32 Å². The lowest BCUT2D eigenvalue weighted by Crippen LogP contribution is -2.28. The largest absolute Gasteiger partial charge is 0.476 e. The van der Waals surface area contributed by atoms with Gasteiger partial charge in [0.25, 0.3) is 0 Å². The number of nitrogens with one attached hydrogen (secondary N) is 1. The van der Waals surface area contributed by atoms with Crippen molar-refractivity contribution in [3.63, 3.8) is 0 Å². The molecule has 1 amide bonds. The van der Waals surface area contributed by atoms with Crippen LogP contribution >= 0.6 is 0 Å². The molecule has 94 valence electrons. The smallest absolute Gasteiger partial charge is 0.414 e. The Kier molecular flexibility index (Phi) is 3.40. The fourth-order valence-corrected chi connectivity index (χ4v) is 1.08. The maximum Gasteiger partial charge on any atom is 0.414 e. The maximum atomic E-state index is 11.4. The maximum absolute atomic E-state index is 11.4. The SMILES string of the molecule is Cn1cc(C(=O)O)nc1NC(=O)OC(C)(C)C. The molecule has 2 N–H and O–H groups in total. The Morgan fingerprint density at radius 3 is 2.47 bits per heavy atom. The van der Waals surface area contributed by atoms with Crippen molar-refractivity contribution in [2.45, 2.75) is 26.4 Å². The lowest BCUT2D eigenvalue weighted by Gasteiger charge is -2.19. The average molecular weight is 241 g/mol. The molecule has 0 aromatic carbocycles.